The van der Waals surface area contributed by atoms with Crippen molar-refractivity contribution in [2.24, 2.45) is 9.98 Å². The second kappa shape index (κ2) is 6.91. The molecular formula is C15H10N2O5S. The highest BCUT2D eigenvalue weighted by atomic mass is 32.2. The zero-order valence-corrected chi connectivity index (χ0v) is 12.4. The maximum atomic E-state index is 11.4. The second-order valence-electron chi connectivity index (χ2n) is 4.53. The fourth-order valence-electron chi connectivity index (χ4n) is 1.99. The molecule has 2 aromatic carbocycles. The molecule has 0 saturated carbocycles. The molecule has 0 aliphatic heterocycles. The summed E-state index contributed by atoms with van der Waals surface area (Å²) in [6.45, 7) is 0. The molecule has 2 aromatic rings. The van der Waals surface area contributed by atoms with Crippen molar-refractivity contribution in [2.45, 2.75) is 11.3 Å². The van der Waals surface area contributed by atoms with Crippen LogP contribution in [0, 0.1) is 0 Å². The van der Waals surface area contributed by atoms with E-state index in [4.69, 9.17) is 0 Å². The normalized spacial score (nSPS) is 10.5. The maximum Gasteiger partial charge on any atom is 0.296 e. The van der Waals surface area contributed by atoms with Crippen molar-refractivity contribution in [3.05, 3.63) is 53.6 Å². The van der Waals surface area contributed by atoms with Crippen LogP contribution in [-0.2, 0) is 26.1 Å². The summed E-state index contributed by atoms with van der Waals surface area (Å²) in [6, 6.07) is 10.8. The Hall–Kier alpha value is -2.89. The molecule has 0 aliphatic carbocycles. The van der Waals surface area contributed by atoms with Crippen molar-refractivity contribution in [1.29, 1.82) is 0 Å². The van der Waals surface area contributed by atoms with Gasteiger partial charge in [0.25, 0.3) is 10.1 Å². The van der Waals surface area contributed by atoms with Gasteiger partial charge in [-0.2, -0.15) is 18.4 Å². The molecule has 7 nitrogen and oxygen atoms in total. The van der Waals surface area contributed by atoms with Gasteiger partial charge in [-0.05, 0) is 41.8 Å². The fraction of sp³-hybridized carbons (Fsp3) is 0.0667. The van der Waals surface area contributed by atoms with E-state index in [-0.39, 0.29) is 5.69 Å². The Balaban J connectivity index is 2.37. The van der Waals surface area contributed by atoms with Gasteiger partial charge >= 0.3 is 0 Å². The van der Waals surface area contributed by atoms with Gasteiger partial charge in [0.05, 0.1) is 11.4 Å². The Morgan fingerprint density at radius 2 is 1.52 bits per heavy atom. The number of benzene rings is 2. The summed E-state index contributed by atoms with van der Waals surface area (Å²) in [5.41, 5.74) is 1.71. The minimum absolute atomic E-state index is 0.179. The van der Waals surface area contributed by atoms with Gasteiger partial charge in [-0.1, -0.05) is 18.2 Å². The molecule has 116 valence electrons. The summed E-state index contributed by atoms with van der Waals surface area (Å²) in [4.78, 5) is 26.7. The molecule has 0 amide bonds. The minimum Gasteiger partial charge on any atom is -0.282 e. The van der Waals surface area contributed by atoms with E-state index in [1.165, 1.54) is 24.3 Å². The molecule has 8 heteroatoms. The summed E-state index contributed by atoms with van der Waals surface area (Å²) >= 11 is 0. The smallest absolute Gasteiger partial charge is 0.282 e. The molecule has 0 aliphatic rings. The van der Waals surface area contributed by atoms with Gasteiger partial charge in [0.1, 0.15) is 4.90 Å². The van der Waals surface area contributed by atoms with Crippen LogP contribution in [0.25, 0.3) is 0 Å². The number of carbonyl (C=O) groups excluding carboxylic acids is 2. The molecule has 0 radical (unpaired) electrons. The Bertz CT molecular complexity index is 923. The van der Waals surface area contributed by atoms with E-state index in [9.17, 15) is 22.6 Å². The van der Waals surface area contributed by atoms with E-state index in [1.807, 2.05) is 0 Å². The van der Waals surface area contributed by atoms with Crippen LogP contribution < -0.4 is 0 Å². The number of isocyanates is 2. The van der Waals surface area contributed by atoms with Gasteiger partial charge in [0.15, 0.2) is 0 Å². The van der Waals surface area contributed by atoms with Gasteiger partial charge in [-0.25, -0.2) is 9.59 Å². The van der Waals surface area contributed by atoms with E-state index < -0.39 is 15.0 Å². The highest BCUT2D eigenvalue weighted by Gasteiger charge is 2.16. The maximum absolute atomic E-state index is 11.4. The monoisotopic (exact) mass is 330 g/mol. The van der Waals surface area contributed by atoms with Gasteiger partial charge in [0, 0.05) is 0 Å². The first-order valence-corrected chi connectivity index (χ1v) is 7.73. The van der Waals surface area contributed by atoms with Crippen LogP contribution in [0.2, 0.25) is 0 Å². The lowest BCUT2D eigenvalue weighted by Gasteiger charge is -2.06. The summed E-state index contributed by atoms with van der Waals surface area (Å²) < 4.78 is 31.9. The van der Waals surface area contributed by atoms with Gasteiger partial charge in [-0.15, -0.1) is 0 Å². The number of hydrogen-bond acceptors (Lipinski definition) is 6. The van der Waals surface area contributed by atoms with Crippen molar-refractivity contribution in [2.75, 3.05) is 0 Å². The summed E-state index contributed by atoms with van der Waals surface area (Å²) in [7, 11) is -4.52. The highest BCUT2D eigenvalue weighted by molar-refractivity contribution is 7.86. The van der Waals surface area contributed by atoms with Gasteiger partial charge < -0.3 is 0 Å². The predicted molar refractivity (Wildman–Crippen MR) is 81.1 cm³/mol. The fourth-order valence-corrected chi connectivity index (χ4v) is 2.67. The average Bonchev–Trinajstić information content (AvgIpc) is 2.50. The SMILES string of the molecule is O=C=Nc1ccc(Cc2ccc(N=C=O)c(S(=O)(=O)O)c2)cc1. The Morgan fingerprint density at radius 1 is 0.913 bits per heavy atom. The average molecular weight is 330 g/mol. The van der Waals surface area contributed by atoms with Crippen LogP contribution in [0.1, 0.15) is 11.1 Å². The Morgan fingerprint density at radius 3 is 2.09 bits per heavy atom. The van der Waals surface area contributed by atoms with Crippen LogP contribution in [0.5, 0.6) is 0 Å². The van der Waals surface area contributed by atoms with Gasteiger partial charge in [-0.3, -0.25) is 4.55 Å². The van der Waals surface area contributed by atoms with Crippen LogP contribution in [0.4, 0.5) is 11.4 Å². The topological polar surface area (TPSA) is 113 Å². The van der Waals surface area contributed by atoms with E-state index >= 15 is 0 Å². The first kappa shape index (κ1) is 16.5. The zero-order chi connectivity index (χ0) is 16.9. The molecule has 0 aromatic heterocycles. The largest absolute Gasteiger partial charge is 0.296 e. The third-order valence-electron chi connectivity index (χ3n) is 2.99. The molecule has 1 N–H and O–H groups in total. The molecule has 0 unspecified atom stereocenters. The Kier molecular flexibility index (Phi) is 4.95. The van der Waals surface area contributed by atoms with Crippen molar-refractivity contribution < 1.29 is 22.6 Å². The summed E-state index contributed by atoms with van der Waals surface area (Å²) in [5.74, 6) is 0. The second-order valence-corrected chi connectivity index (χ2v) is 5.92. The number of nitrogens with zero attached hydrogens (tertiary/aromatic N) is 2. The quantitative estimate of drug-likeness (QED) is 0.514. The summed E-state index contributed by atoms with van der Waals surface area (Å²) in [6.07, 6.45) is 3.05. The van der Waals surface area contributed by atoms with Gasteiger partial charge in [0.2, 0.25) is 12.2 Å². The molecule has 23 heavy (non-hydrogen) atoms. The van der Waals surface area contributed by atoms with Crippen LogP contribution in [0.3, 0.4) is 0 Å². The first-order chi connectivity index (χ1) is 10.9. The number of hydrogen-bond donors (Lipinski definition) is 1. The van der Waals surface area contributed by atoms with E-state index in [0.29, 0.717) is 17.7 Å². The Labute approximate surface area is 131 Å². The predicted octanol–water partition coefficient (Wildman–Crippen LogP) is 2.46. The lowest BCUT2D eigenvalue weighted by molar-refractivity contribution is 0.483. The highest BCUT2D eigenvalue weighted by Crippen LogP contribution is 2.26. The molecule has 0 bridgehead atoms. The van der Waals surface area contributed by atoms with Crippen molar-refractivity contribution in [3.8, 4) is 0 Å². The van der Waals surface area contributed by atoms with Crippen LogP contribution in [-0.4, -0.2) is 25.1 Å². The molecule has 2 rings (SSSR count). The standard InChI is InChI=1S/C15H10N2O5S/c18-9-16-13-4-1-11(2-5-13)7-12-3-6-14(17-10-19)15(8-12)23(20,21)22/h1-6,8H,7H2,(H,20,21,22). The van der Waals surface area contributed by atoms with Crippen molar-refractivity contribution in [1.82, 2.24) is 0 Å². The lowest BCUT2D eigenvalue weighted by Crippen LogP contribution is -2.00. The lowest BCUT2D eigenvalue weighted by atomic mass is 10.0. The van der Waals surface area contributed by atoms with Crippen molar-refractivity contribution in [3.63, 3.8) is 0 Å². The third kappa shape index (κ3) is 4.29. The molecule has 0 spiro atoms. The first-order valence-electron chi connectivity index (χ1n) is 6.29. The molecule has 0 fully saturated rings. The van der Waals surface area contributed by atoms with Crippen molar-refractivity contribution >= 4 is 33.7 Å². The van der Waals surface area contributed by atoms with E-state index in [2.05, 4.69) is 9.98 Å². The molecule has 0 heterocycles. The summed E-state index contributed by atoms with van der Waals surface area (Å²) in [5, 5.41) is 0. The zero-order valence-electron chi connectivity index (χ0n) is 11.6. The van der Waals surface area contributed by atoms with Crippen LogP contribution in [0.15, 0.2) is 57.3 Å². The minimum atomic E-state index is -4.52. The number of rotatable bonds is 5. The van der Waals surface area contributed by atoms with E-state index in [0.717, 1.165) is 5.56 Å². The molecule has 0 saturated heterocycles. The third-order valence-corrected chi connectivity index (χ3v) is 3.87. The molecule has 0 atom stereocenters. The van der Waals surface area contributed by atoms with E-state index in [1.54, 1.807) is 30.3 Å². The molecular weight excluding hydrogens is 320 g/mol. The van der Waals surface area contributed by atoms with Crippen LogP contribution >= 0.6 is 0 Å². The number of aliphatic imine (C=N–C) groups is 2.